The van der Waals surface area contributed by atoms with Crippen molar-refractivity contribution >= 4 is 23.6 Å². The molecular weight excluding hydrogens is 472 g/mol. The zero-order chi connectivity index (χ0) is 25.3. The lowest BCUT2D eigenvalue weighted by Gasteiger charge is -2.31. The summed E-state index contributed by atoms with van der Waals surface area (Å²) in [4.78, 5) is 26.4. The highest BCUT2D eigenvalue weighted by Crippen LogP contribution is 2.29. The van der Waals surface area contributed by atoms with E-state index in [1.807, 2.05) is 30.0 Å². The van der Waals surface area contributed by atoms with Crippen molar-refractivity contribution in [3.63, 3.8) is 0 Å². The second-order valence-electron chi connectivity index (χ2n) is 9.06. The van der Waals surface area contributed by atoms with Crippen molar-refractivity contribution in [2.45, 2.75) is 51.1 Å². The summed E-state index contributed by atoms with van der Waals surface area (Å²) in [5.74, 6) is 1.66. The molecule has 190 valence electrons. The van der Waals surface area contributed by atoms with E-state index in [0.717, 1.165) is 40.8 Å². The molecule has 2 aromatic carbocycles. The maximum atomic E-state index is 12.6. The van der Waals surface area contributed by atoms with Crippen molar-refractivity contribution in [3.8, 4) is 17.1 Å². The van der Waals surface area contributed by atoms with E-state index in [2.05, 4.69) is 58.1 Å². The maximum Gasteiger partial charge on any atom is 0.309 e. The zero-order valence-electron chi connectivity index (χ0n) is 21.1. The van der Waals surface area contributed by atoms with Crippen LogP contribution in [0.1, 0.15) is 44.6 Å². The molecule has 1 aliphatic heterocycles. The van der Waals surface area contributed by atoms with E-state index in [0.29, 0.717) is 39.0 Å². The van der Waals surface area contributed by atoms with Gasteiger partial charge in [0.15, 0.2) is 11.0 Å². The number of rotatable bonds is 10. The molecule has 0 saturated carbocycles. The van der Waals surface area contributed by atoms with Crippen LogP contribution in [-0.2, 0) is 14.3 Å². The molecule has 0 bridgehead atoms. The average molecular weight is 507 g/mol. The average Bonchev–Trinajstić information content (AvgIpc) is 3.33. The molecule has 4 rings (SSSR count). The van der Waals surface area contributed by atoms with Gasteiger partial charge in [-0.2, -0.15) is 0 Å². The highest BCUT2D eigenvalue weighted by atomic mass is 32.2. The van der Waals surface area contributed by atoms with Crippen molar-refractivity contribution in [1.82, 2.24) is 19.7 Å². The van der Waals surface area contributed by atoms with E-state index in [-0.39, 0.29) is 17.8 Å². The van der Waals surface area contributed by atoms with Crippen LogP contribution in [0.5, 0.6) is 0 Å². The van der Waals surface area contributed by atoms with Crippen molar-refractivity contribution in [1.29, 1.82) is 0 Å². The fourth-order valence-electron chi connectivity index (χ4n) is 4.39. The molecule has 8 heteroatoms. The topological polar surface area (TPSA) is 77.3 Å². The van der Waals surface area contributed by atoms with Crippen molar-refractivity contribution < 1.29 is 14.3 Å². The summed E-state index contributed by atoms with van der Waals surface area (Å²) in [6, 6.07) is 18.5. The van der Waals surface area contributed by atoms with E-state index in [4.69, 9.17) is 4.74 Å². The largest absolute Gasteiger partial charge is 0.466 e. The van der Waals surface area contributed by atoms with Crippen molar-refractivity contribution in [2.24, 2.45) is 5.92 Å². The van der Waals surface area contributed by atoms with Gasteiger partial charge in [-0.1, -0.05) is 59.8 Å². The molecule has 1 saturated heterocycles. The second-order valence-corrected chi connectivity index (χ2v) is 10.1. The van der Waals surface area contributed by atoms with Crippen LogP contribution in [0.15, 0.2) is 59.8 Å². The first-order chi connectivity index (χ1) is 17.6. The Morgan fingerprint density at radius 3 is 2.42 bits per heavy atom. The van der Waals surface area contributed by atoms with E-state index in [1.54, 1.807) is 11.8 Å². The number of piperidine rings is 1. The van der Waals surface area contributed by atoms with Gasteiger partial charge < -0.3 is 9.64 Å². The number of nitrogens with zero attached hydrogens (tertiary/aromatic N) is 4. The minimum absolute atomic E-state index is 0.0721. The van der Waals surface area contributed by atoms with Crippen LogP contribution < -0.4 is 0 Å². The number of aryl methyl sites for hydroxylation is 1. The molecule has 0 N–H and O–H groups in total. The van der Waals surface area contributed by atoms with Crippen LogP contribution in [0.2, 0.25) is 0 Å². The number of thioether (sulfide) groups is 1. The lowest BCUT2D eigenvalue weighted by molar-refractivity contribution is -0.151. The maximum absolute atomic E-state index is 12.6. The minimum atomic E-state index is -0.129. The number of esters is 1. The Balaban J connectivity index is 1.29. The highest BCUT2D eigenvalue weighted by Gasteiger charge is 2.27. The molecule has 7 nitrogen and oxygen atoms in total. The van der Waals surface area contributed by atoms with Crippen molar-refractivity contribution in [3.05, 3.63) is 60.2 Å². The smallest absolute Gasteiger partial charge is 0.309 e. The number of hydrogen-bond donors (Lipinski definition) is 0. The molecule has 0 atom stereocenters. The Morgan fingerprint density at radius 1 is 1.00 bits per heavy atom. The number of carbonyl (C=O) groups excluding carboxylic acids is 2. The van der Waals surface area contributed by atoms with Gasteiger partial charge in [0, 0.05) is 36.5 Å². The third-order valence-electron chi connectivity index (χ3n) is 6.44. The zero-order valence-corrected chi connectivity index (χ0v) is 21.9. The van der Waals surface area contributed by atoms with Gasteiger partial charge in [0.05, 0.1) is 12.5 Å². The van der Waals surface area contributed by atoms with Gasteiger partial charge in [-0.3, -0.25) is 14.2 Å². The van der Waals surface area contributed by atoms with Crippen LogP contribution in [0, 0.1) is 12.8 Å². The van der Waals surface area contributed by atoms with Crippen molar-refractivity contribution in [2.75, 3.05) is 25.4 Å². The first-order valence-corrected chi connectivity index (χ1v) is 13.7. The van der Waals surface area contributed by atoms with Gasteiger partial charge in [-0.05, 0) is 51.7 Å². The molecule has 1 aromatic heterocycles. The Bertz CT molecular complexity index is 1140. The Morgan fingerprint density at radius 2 is 1.72 bits per heavy atom. The summed E-state index contributed by atoms with van der Waals surface area (Å²) in [5.41, 5.74) is 3.26. The standard InChI is InChI=1S/C28H34N4O3S/c1-3-35-27(34)23-16-18-31(19-17-23)25(33)11-7-8-20-36-28-30-29-26(22-14-12-21(2)13-15-22)32(28)24-9-5-4-6-10-24/h4-6,9-10,12-15,23H,3,7-8,11,16-20H2,1-2H3. The predicted molar refractivity (Wildman–Crippen MR) is 142 cm³/mol. The van der Waals surface area contributed by atoms with Gasteiger partial charge in [-0.25, -0.2) is 0 Å². The lowest BCUT2D eigenvalue weighted by atomic mass is 9.96. The molecular formula is C28H34N4O3S. The fraction of sp³-hybridized carbons (Fsp3) is 0.429. The molecule has 1 aliphatic rings. The SMILES string of the molecule is CCOC(=O)C1CCN(C(=O)CCCCSc2nnc(-c3ccc(C)cc3)n2-c2ccccc2)CC1. The molecule has 1 fully saturated rings. The summed E-state index contributed by atoms with van der Waals surface area (Å²) in [6.07, 6.45) is 3.66. The molecule has 0 spiro atoms. The molecule has 3 aromatic rings. The Labute approximate surface area is 217 Å². The van der Waals surface area contributed by atoms with Gasteiger partial charge in [0.25, 0.3) is 0 Å². The number of benzene rings is 2. The van der Waals surface area contributed by atoms with E-state index in [1.165, 1.54) is 5.56 Å². The number of carbonyl (C=O) groups is 2. The molecule has 0 unspecified atom stereocenters. The summed E-state index contributed by atoms with van der Waals surface area (Å²) in [5, 5.41) is 9.86. The number of unbranched alkanes of at least 4 members (excludes halogenated alkanes) is 1. The normalized spacial score (nSPS) is 14.1. The Hall–Kier alpha value is -3.13. The number of ether oxygens (including phenoxy) is 1. The molecule has 36 heavy (non-hydrogen) atoms. The first kappa shape index (κ1) is 25.9. The van der Waals surface area contributed by atoms with Gasteiger partial charge in [-0.15, -0.1) is 10.2 Å². The van der Waals surface area contributed by atoms with E-state index in [9.17, 15) is 9.59 Å². The number of aromatic nitrogens is 3. The molecule has 2 heterocycles. The van der Waals surface area contributed by atoms with Crippen LogP contribution in [0.4, 0.5) is 0 Å². The molecule has 1 amide bonds. The van der Waals surface area contributed by atoms with Gasteiger partial charge in [0.1, 0.15) is 0 Å². The molecule has 0 aliphatic carbocycles. The van der Waals surface area contributed by atoms with Crippen LogP contribution in [0.25, 0.3) is 17.1 Å². The second kappa shape index (κ2) is 12.7. The van der Waals surface area contributed by atoms with E-state index >= 15 is 0 Å². The summed E-state index contributed by atoms with van der Waals surface area (Å²) in [7, 11) is 0. The number of amides is 1. The first-order valence-electron chi connectivity index (χ1n) is 12.7. The number of para-hydroxylation sites is 1. The third-order valence-corrected chi connectivity index (χ3v) is 7.46. The van der Waals surface area contributed by atoms with Gasteiger partial charge in [0.2, 0.25) is 5.91 Å². The fourth-order valence-corrected chi connectivity index (χ4v) is 5.34. The number of likely N-dealkylation sites (tertiary alicyclic amines) is 1. The van der Waals surface area contributed by atoms with Gasteiger partial charge >= 0.3 is 5.97 Å². The lowest BCUT2D eigenvalue weighted by Crippen LogP contribution is -2.40. The summed E-state index contributed by atoms with van der Waals surface area (Å²) in [6.45, 7) is 5.58. The Kier molecular flexibility index (Phi) is 9.17. The summed E-state index contributed by atoms with van der Waals surface area (Å²) >= 11 is 1.67. The molecule has 0 radical (unpaired) electrons. The van der Waals surface area contributed by atoms with Crippen LogP contribution in [-0.4, -0.2) is 57.0 Å². The minimum Gasteiger partial charge on any atom is -0.466 e. The monoisotopic (exact) mass is 506 g/mol. The predicted octanol–water partition coefficient (Wildman–Crippen LogP) is 5.31. The highest BCUT2D eigenvalue weighted by molar-refractivity contribution is 7.99. The number of hydrogen-bond acceptors (Lipinski definition) is 6. The quantitative estimate of drug-likeness (QED) is 0.211. The third kappa shape index (κ3) is 6.55. The van der Waals surface area contributed by atoms with E-state index < -0.39 is 0 Å². The van der Waals surface area contributed by atoms with Crippen LogP contribution in [0.3, 0.4) is 0 Å². The summed E-state index contributed by atoms with van der Waals surface area (Å²) < 4.78 is 7.22. The van der Waals surface area contributed by atoms with Crippen LogP contribution >= 0.6 is 11.8 Å².